The number of hydrogen-bond donors (Lipinski definition) is 2. The maximum absolute atomic E-state index is 12.0. The Labute approximate surface area is 123 Å². The van der Waals surface area contributed by atoms with E-state index in [2.05, 4.69) is 24.2 Å². The molecule has 0 fully saturated rings. The number of rotatable bonds is 7. The molecule has 1 rings (SSSR count). The molecule has 4 nitrogen and oxygen atoms in total. The van der Waals surface area contributed by atoms with Gasteiger partial charge >= 0.3 is 0 Å². The van der Waals surface area contributed by atoms with Crippen molar-refractivity contribution in [3.8, 4) is 0 Å². The zero-order valence-electron chi connectivity index (χ0n) is 12.1. The molecule has 0 saturated carbocycles. The highest BCUT2D eigenvalue weighted by molar-refractivity contribution is 7.99. The van der Waals surface area contributed by atoms with E-state index in [9.17, 15) is 4.79 Å². The second-order valence-corrected chi connectivity index (χ2v) is 6.13. The molecule has 1 amide bonds. The number of unbranched alkanes of at least 4 members (excludes halogenated alkanes) is 1. The molecule has 0 aliphatic rings. The highest BCUT2D eigenvalue weighted by atomic mass is 32.2. The van der Waals surface area contributed by atoms with Gasteiger partial charge < -0.3 is 16.0 Å². The average Bonchev–Trinajstić information content (AvgIpc) is 2.73. The molecule has 1 aromatic heterocycles. The number of thiophene rings is 1. The Morgan fingerprint density at radius 2 is 2.16 bits per heavy atom. The van der Waals surface area contributed by atoms with E-state index in [0.717, 1.165) is 29.3 Å². The SMILES string of the molecule is CCCCN(C)c1sc(C(=O)NCC)c(N)c1SC. The van der Waals surface area contributed by atoms with Gasteiger partial charge in [-0.15, -0.1) is 23.1 Å². The van der Waals surface area contributed by atoms with Crippen LogP contribution >= 0.6 is 23.1 Å². The Kier molecular flexibility index (Phi) is 6.51. The molecule has 0 atom stereocenters. The summed E-state index contributed by atoms with van der Waals surface area (Å²) in [5.41, 5.74) is 6.73. The lowest BCUT2D eigenvalue weighted by atomic mass is 10.3. The molecule has 6 heteroatoms. The number of amides is 1. The van der Waals surface area contributed by atoms with Crippen LogP contribution < -0.4 is 16.0 Å². The Morgan fingerprint density at radius 3 is 2.68 bits per heavy atom. The molecular formula is C13H23N3OS2. The summed E-state index contributed by atoms with van der Waals surface area (Å²) < 4.78 is 0. The highest BCUT2D eigenvalue weighted by Crippen LogP contribution is 2.43. The normalized spacial score (nSPS) is 10.5. The van der Waals surface area contributed by atoms with Crippen LogP contribution in [0.4, 0.5) is 10.7 Å². The van der Waals surface area contributed by atoms with Crippen molar-refractivity contribution >= 4 is 39.7 Å². The van der Waals surface area contributed by atoms with Crippen LogP contribution in [0.3, 0.4) is 0 Å². The zero-order chi connectivity index (χ0) is 14.4. The lowest BCUT2D eigenvalue weighted by Crippen LogP contribution is -2.22. The Balaban J connectivity index is 3.04. The van der Waals surface area contributed by atoms with Crippen molar-refractivity contribution in [3.05, 3.63) is 4.88 Å². The van der Waals surface area contributed by atoms with E-state index in [1.165, 1.54) is 11.3 Å². The largest absolute Gasteiger partial charge is 0.396 e. The molecule has 0 aromatic carbocycles. The number of nitrogens with zero attached hydrogens (tertiary/aromatic N) is 1. The summed E-state index contributed by atoms with van der Waals surface area (Å²) in [5.74, 6) is -0.0737. The van der Waals surface area contributed by atoms with E-state index in [1.807, 2.05) is 13.2 Å². The van der Waals surface area contributed by atoms with Crippen molar-refractivity contribution in [2.45, 2.75) is 31.6 Å². The topological polar surface area (TPSA) is 58.4 Å². The Morgan fingerprint density at radius 1 is 1.47 bits per heavy atom. The standard InChI is InChI=1S/C13H23N3OS2/c1-5-7-8-16(3)13-11(18-4)9(14)10(19-13)12(17)15-6-2/h5-8,14H2,1-4H3,(H,15,17). The van der Waals surface area contributed by atoms with E-state index in [0.29, 0.717) is 17.1 Å². The van der Waals surface area contributed by atoms with Gasteiger partial charge in [-0.05, 0) is 19.6 Å². The fraction of sp³-hybridized carbons (Fsp3) is 0.615. The predicted molar refractivity (Wildman–Crippen MR) is 86.7 cm³/mol. The number of thioether (sulfide) groups is 1. The van der Waals surface area contributed by atoms with Crippen LogP contribution in [0, 0.1) is 0 Å². The summed E-state index contributed by atoms with van der Waals surface area (Å²) in [5, 5.41) is 3.91. The first-order valence-corrected chi connectivity index (χ1v) is 8.56. The van der Waals surface area contributed by atoms with Gasteiger partial charge in [0.25, 0.3) is 5.91 Å². The molecule has 19 heavy (non-hydrogen) atoms. The lowest BCUT2D eigenvalue weighted by Gasteiger charge is -2.18. The molecule has 0 radical (unpaired) electrons. The number of nitrogens with two attached hydrogens (primary N) is 1. The van der Waals surface area contributed by atoms with Crippen LogP contribution in [0.5, 0.6) is 0 Å². The monoisotopic (exact) mass is 301 g/mol. The van der Waals surface area contributed by atoms with Gasteiger partial charge in [-0.25, -0.2) is 0 Å². The minimum absolute atomic E-state index is 0.0737. The van der Waals surface area contributed by atoms with Crippen molar-refractivity contribution in [2.75, 3.05) is 37.0 Å². The second-order valence-electron chi connectivity index (χ2n) is 4.32. The van der Waals surface area contributed by atoms with Gasteiger partial charge in [0.15, 0.2) is 0 Å². The summed E-state index contributed by atoms with van der Waals surface area (Å²) in [6, 6.07) is 0. The van der Waals surface area contributed by atoms with Gasteiger partial charge in [0.1, 0.15) is 9.88 Å². The van der Waals surface area contributed by atoms with Gasteiger partial charge in [0, 0.05) is 20.1 Å². The number of hydrogen-bond acceptors (Lipinski definition) is 5. The van der Waals surface area contributed by atoms with E-state index >= 15 is 0 Å². The van der Waals surface area contributed by atoms with E-state index in [1.54, 1.807) is 11.8 Å². The minimum atomic E-state index is -0.0737. The first-order chi connectivity index (χ1) is 9.06. The quantitative estimate of drug-likeness (QED) is 0.760. The van der Waals surface area contributed by atoms with Crippen LogP contribution in [0.1, 0.15) is 36.4 Å². The van der Waals surface area contributed by atoms with Gasteiger partial charge in [-0.3, -0.25) is 4.79 Å². The lowest BCUT2D eigenvalue weighted by molar-refractivity contribution is 0.0960. The first-order valence-electron chi connectivity index (χ1n) is 6.52. The predicted octanol–water partition coefficient (Wildman–Crippen LogP) is 3.04. The van der Waals surface area contributed by atoms with Crippen molar-refractivity contribution in [2.24, 2.45) is 0 Å². The third-order valence-electron chi connectivity index (χ3n) is 2.82. The van der Waals surface area contributed by atoms with E-state index < -0.39 is 0 Å². The number of carbonyl (C=O) groups is 1. The van der Waals surface area contributed by atoms with E-state index in [4.69, 9.17) is 5.73 Å². The van der Waals surface area contributed by atoms with Crippen molar-refractivity contribution in [1.82, 2.24) is 5.32 Å². The molecule has 1 heterocycles. The van der Waals surface area contributed by atoms with Crippen LogP contribution in [0.25, 0.3) is 0 Å². The summed E-state index contributed by atoms with van der Waals surface area (Å²) in [6.07, 6.45) is 4.29. The number of carbonyl (C=O) groups excluding carboxylic acids is 1. The van der Waals surface area contributed by atoms with Crippen molar-refractivity contribution < 1.29 is 4.79 Å². The second kappa shape index (κ2) is 7.65. The fourth-order valence-electron chi connectivity index (χ4n) is 1.77. The van der Waals surface area contributed by atoms with Crippen LogP contribution in [-0.4, -0.2) is 32.3 Å². The number of anilines is 2. The molecule has 3 N–H and O–H groups in total. The average molecular weight is 301 g/mol. The molecule has 0 aliphatic heterocycles. The number of nitrogens with one attached hydrogen (secondary N) is 1. The molecule has 0 aliphatic carbocycles. The van der Waals surface area contributed by atoms with Gasteiger partial charge in [-0.2, -0.15) is 0 Å². The summed E-state index contributed by atoms with van der Waals surface area (Å²) in [6.45, 7) is 5.68. The van der Waals surface area contributed by atoms with Crippen LogP contribution in [0.2, 0.25) is 0 Å². The third-order valence-corrected chi connectivity index (χ3v) is 5.09. The Bertz CT molecular complexity index is 432. The minimum Gasteiger partial charge on any atom is -0.396 e. The molecule has 0 spiro atoms. The zero-order valence-corrected chi connectivity index (χ0v) is 13.7. The number of nitrogen functional groups attached to an aromatic ring is 1. The van der Waals surface area contributed by atoms with Crippen LogP contribution in [0.15, 0.2) is 4.90 Å². The maximum atomic E-state index is 12.0. The molecule has 1 aromatic rings. The third kappa shape index (κ3) is 3.79. The van der Waals surface area contributed by atoms with Gasteiger partial charge in [-0.1, -0.05) is 13.3 Å². The molecule has 108 valence electrons. The molecule has 0 saturated heterocycles. The highest BCUT2D eigenvalue weighted by Gasteiger charge is 2.22. The van der Waals surface area contributed by atoms with E-state index in [-0.39, 0.29) is 5.91 Å². The van der Waals surface area contributed by atoms with Crippen LogP contribution in [-0.2, 0) is 0 Å². The maximum Gasteiger partial charge on any atom is 0.263 e. The first kappa shape index (κ1) is 16.2. The molecule has 0 unspecified atom stereocenters. The molecular weight excluding hydrogens is 278 g/mol. The van der Waals surface area contributed by atoms with Gasteiger partial charge in [0.2, 0.25) is 0 Å². The summed E-state index contributed by atoms with van der Waals surface area (Å²) in [4.78, 5) is 15.8. The van der Waals surface area contributed by atoms with Crippen molar-refractivity contribution in [3.63, 3.8) is 0 Å². The Hall–Kier alpha value is -0.880. The van der Waals surface area contributed by atoms with Crippen molar-refractivity contribution in [1.29, 1.82) is 0 Å². The fourth-order valence-corrected chi connectivity index (χ4v) is 3.88. The summed E-state index contributed by atoms with van der Waals surface area (Å²) >= 11 is 3.09. The summed E-state index contributed by atoms with van der Waals surface area (Å²) in [7, 11) is 2.06. The smallest absolute Gasteiger partial charge is 0.263 e. The van der Waals surface area contributed by atoms with Gasteiger partial charge in [0.05, 0.1) is 10.6 Å². The molecule has 0 bridgehead atoms.